The first kappa shape index (κ1) is 33.4. The second-order valence-corrected chi connectivity index (χ2v) is 13.0. The van der Waals surface area contributed by atoms with Crippen LogP contribution < -0.4 is 4.74 Å². The molecule has 4 aromatic rings. The van der Waals surface area contributed by atoms with Crippen LogP contribution in [0.5, 0.6) is 5.75 Å². The van der Waals surface area contributed by atoms with Gasteiger partial charge < -0.3 is 9.64 Å². The lowest BCUT2D eigenvalue weighted by atomic mass is 9.90. The molecule has 45 heavy (non-hydrogen) atoms. The van der Waals surface area contributed by atoms with Crippen molar-refractivity contribution in [2.45, 2.75) is 31.5 Å². The van der Waals surface area contributed by atoms with E-state index in [1.807, 2.05) is 60.3 Å². The Morgan fingerprint density at radius 2 is 1.51 bits per heavy atom. The van der Waals surface area contributed by atoms with Gasteiger partial charge in [0.1, 0.15) is 5.75 Å². The Morgan fingerprint density at radius 3 is 2.18 bits per heavy atom. The van der Waals surface area contributed by atoms with Crippen molar-refractivity contribution in [1.82, 2.24) is 9.80 Å². The molecule has 1 aliphatic rings. The van der Waals surface area contributed by atoms with Gasteiger partial charge in [-0.3, -0.25) is 4.90 Å². The summed E-state index contributed by atoms with van der Waals surface area (Å²) in [5, 5.41) is -0.234. The van der Waals surface area contributed by atoms with Crippen LogP contribution in [0.4, 0.5) is 13.2 Å². The van der Waals surface area contributed by atoms with Crippen molar-refractivity contribution in [2.24, 2.45) is 0 Å². The minimum atomic E-state index is -4.51. The van der Waals surface area contributed by atoms with E-state index in [4.69, 9.17) is 16.3 Å². The topological polar surface area (TPSA) is 15.7 Å². The lowest BCUT2D eigenvalue weighted by Crippen LogP contribution is -2.34. The Morgan fingerprint density at radius 1 is 0.844 bits per heavy atom. The predicted molar refractivity (Wildman–Crippen MR) is 180 cm³/mol. The maximum absolute atomic E-state index is 13.7. The van der Waals surface area contributed by atoms with Crippen molar-refractivity contribution >= 4 is 23.4 Å². The zero-order valence-electron chi connectivity index (χ0n) is 25.4. The van der Waals surface area contributed by atoms with E-state index < -0.39 is 11.7 Å². The zero-order chi connectivity index (χ0) is 31.5. The molecule has 238 valence electrons. The van der Waals surface area contributed by atoms with E-state index in [2.05, 4.69) is 46.2 Å². The molecule has 5 rings (SSSR count). The van der Waals surface area contributed by atoms with Gasteiger partial charge in [0.15, 0.2) is 0 Å². The first-order valence-corrected chi connectivity index (χ1v) is 17.1. The fourth-order valence-electron chi connectivity index (χ4n) is 5.81. The van der Waals surface area contributed by atoms with Crippen LogP contribution in [0.3, 0.4) is 0 Å². The standard InChI is InChI=1S/C37H40ClF3N2OS/c38-36-32(15-8-17-35(36)37(39,40)41)27-43(28-34(30-11-3-1-4-12-30)31-13-5-2-6-14-31)19-9-23-44-33-16-7-10-29(26-33)18-20-42-21-24-45-25-22-42/h1-8,10-17,26,34H,9,18-25,27-28H2. The van der Waals surface area contributed by atoms with Crippen LogP contribution in [0.25, 0.3) is 0 Å². The number of hydrogen-bond donors (Lipinski definition) is 0. The lowest BCUT2D eigenvalue weighted by Gasteiger charge is -2.29. The van der Waals surface area contributed by atoms with Crippen LogP contribution in [0, 0.1) is 0 Å². The second kappa shape index (κ2) is 16.5. The third kappa shape index (κ3) is 10.0. The quantitative estimate of drug-likeness (QED) is 0.126. The Kier molecular flexibility index (Phi) is 12.3. The molecule has 1 saturated heterocycles. The fraction of sp³-hybridized carbons (Fsp3) is 0.351. The Labute approximate surface area is 274 Å². The Bertz CT molecular complexity index is 1430. The summed E-state index contributed by atoms with van der Waals surface area (Å²) in [7, 11) is 0. The highest BCUT2D eigenvalue weighted by Gasteiger charge is 2.34. The van der Waals surface area contributed by atoms with E-state index >= 15 is 0 Å². The molecule has 0 N–H and O–H groups in total. The molecule has 3 nitrogen and oxygen atoms in total. The summed E-state index contributed by atoms with van der Waals surface area (Å²) in [5.41, 5.74) is 3.24. The highest BCUT2D eigenvalue weighted by molar-refractivity contribution is 7.99. The largest absolute Gasteiger partial charge is 0.494 e. The second-order valence-electron chi connectivity index (χ2n) is 11.4. The summed E-state index contributed by atoms with van der Waals surface area (Å²) in [6, 6.07) is 33.0. The summed E-state index contributed by atoms with van der Waals surface area (Å²) < 4.78 is 47.2. The maximum Gasteiger partial charge on any atom is 0.417 e. The number of hydrogen-bond acceptors (Lipinski definition) is 4. The average molecular weight is 653 g/mol. The van der Waals surface area contributed by atoms with E-state index in [9.17, 15) is 13.2 Å². The summed E-state index contributed by atoms with van der Waals surface area (Å²) in [6.07, 6.45) is -2.81. The van der Waals surface area contributed by atoms with Gasteiger partial charge in [-0.25, -0.2) is 0 Å². The lowest BCUT2D eigenvalue weighted by molar-refractivity contribution is -0.137. The number of nitrogens with zero attached hydrogens (tertiary/aromatic N) is 2. The molecular weight excluding hydrogens is 613 g/mol. The van der Waals surface area contributed by atoms with Crippen LogP contribution >= 0.6 is 23.4 Å². The van der Waals surface area contributed by atoms with Crippen LogP contribution in [0.2, 0.25) is 5.02 Å². The zero-order valence-corrected chi connectivity index (χ0v) is 27.0. The van der Waals surface area contributed by atoms with Gasteiger partial charge in [0.2, 0.25) is 0 Å². The summed E-state index contributed by atoms with van der Waals surface area (Å²) in [5.74, 6) is 3.29. The Balaban J connectivity index is 1.28. The van der Waals surface area contributed by atoms with Crippen molar-refractivity contribution in [3.8, 4) is 5.75 Å². The van der Waals surface area contributed by atoms with Crippen LogP contribution in [-0.2, 0) is 19.1 Å². The predicted octanol–water partition coefficient (Wildman–Crippen LogP) is 9.05. The molecular formula is C37H40ClF3N2OS. The van der Waals surface area contributed by atoms with Crippen molar-refractivity contribution < 1.29 is 17.9 Å². The van der Waals surface area contributed by atoms with Gasteiger partial charge in [-0.1, -0.05) is 96.5 Å². The molecule has 1 aliphatic heterocycles. The van der Waals surface area contributed by atoms with Gasteiger partial charge in [0, 0.05) is 56.7 Å². The number of halogens is 4. The number of thioether (sulfide) groups is 1. The number of ether oxygens (including phenoxy) is 1. The third-order valence-corrected chi connectivity index (χ3v) is 9.62. The minimum Gasteiger partial charge on any atom is -0.494 e. The molecule has 0 spiro atoms. The molecule has 0 aliphatic carbocycles. The molecule has 0 radical (unpaired) electrons. The van der Waals surface area contributed by atoms with E-state index in [1.165, 1.54) is 23.1 Å². The molecule has 0 bridgehead atoms. The van der Waals surface area contributed by atoms with Crippen molar-refractivity contribution in [3.05, 3.63) is 136 Å². The molecule has 1 heterocycles. The molecule has 4 aromatic carbocycles. The third-order valence-electron chi connectivity index (χ3n) is 8.23. The van der Waals surface area contributed by atoms with Gasteiger partial charge >= 0.3 is 6.18 Å². The van der Waals surface area contributed by atoms with Crippen molar-refractivity contribution in [1.29, 1.82) is 0 Å². The van der Waals surface area contributed by atoms with E-state index in [0.717, 1.165) is 49.0 Å². The number of benzene rings is 4. The monoisotopic (exact) mass is 652 g/mol. The van der Waals surface area contributed by atoms with Gasteiger partial charge in [-0.05, 0) is 53.3 Å². The summed E-state index contributed by atoms with van der Waals surface area (Å²) >= 11 is 8.39. The minimum absolute atomic E-state index is 0.0353. The number of rotatable bonds is 14. The SMILES string of the molecule is FC(F)(F)c1cccc(CN(CCCOc2cccc(CCN3CCSCC3)c2)CC(c2ccccc2)c2ccccc2)c1Cl. The van der Waals surface area contributed by atoms with E-state index in [-0.39, 0.29) is 10.9 Å². The van der Waals surface area contributed by atoms with Gasteiger partial charge in [-0.15, -0.1) is 0 Å². The summed E-state index contributed by atoms with van der Waals surface area (Å²) in [6.45, 7) is 5.41. The average Bonchev–Trinajstić information content (AvgIpc) is 3.06. The maximum atomic E-state index is 13.7. The van der Waals surface area contributed by atoms with Crippen molar-refractivity contribution in [2.75, 3.05) is 50.8 Å². The van der Waals surface area contributed by atoms with Gasteiger partial charge in [-0.2, -0.15) is 24.9 Å². The smallest absolute Gasteiger partial charge is 0.417 e. The summed E-state index contributed by atoms with van der Waals surface area (Å²) in [4.78, 5) is 4.72. The molecule has 1 fully saturated rings. The number of alkyl halides is 3. The molecule has 0 saturated carbocycles. The highest BCUT2D eigenvalue weighted by atomic mass is 35.5. The van der Waals surface area contributed by atoms with Crippen LogP contribution in [-0.4, -0.2) is 60.6 Å². The van der Waals surface area contributed by atoms with E-state index in [0.29, 0.717) is 38.2 Å². The van der Waals surface area contributed by atoms with Crippen LogP contribution in [0.1, 0.15) is 40.2 Å². The highest BCUT2D eigenvalue weighted by Crippen LogP contribution is 2.37. The van der Waals surface area contributed by atoms with Gasteiger partial charge in [0.05, 0.1) is 17.2 Å². The molecule has 0 amide bonds. The first-order valence-electron chi connectivity index (χ1n) is 15.6. The van der Waals surface area contributed by atoms with Crippen LogP contribution in [0.15, 0.2) is 103 Å². The Hall–Kier alpha value is -2.97. The van der Waals surface area contributed by atoms with Gasteiger partial charge in [0.25, 0.3) is 0 Å². The molecule has 0 aromatic heterocycles. The molecule has 0 unspecified atom stereocenters. The molecule has 0 atom stereocenters. The van der Waals surface area contributed by atoms with Crippen molar-refractivity contribution in [3.63, 3.8) is 0 Å². The van der Waals surface area contributed by atoms with E-state index in [1.54, 1.807) is 6.07 Å². The molecule has 8 heteroatoms. The fourth-order valence-corrected chi connectivity index (χ4v) is 7.08. The first-order chi connectivity index (χ1) is 21.9. The normalized spacial score (nSPS) is 14.3.